The van der Waals surface area contributed by atoms with Crippen molar-refractivity contribution in [3.8, 4) is 23.3 Å². The first-order chi connectivity index (χ1) is 19.5. The van der Waals surface area contributed by atoms with Gasteiger partial charge in [0.1, 0.15) is 5.60 Å². The number of benzene rings is 2. The number of likely N-dealkylation sites (N-methyl/N-ethyl adjacent to an activating group) is 1. The van der Waals surface area contributed by atoms with Crippen LogP contribution in [0.3, 0.4) is 0 Å². The predicted octanol–water partition coefficient (Wildman–Crippen LogP) is 5.64. The van der Waals surface area contributed by atoms with Gasteiger partial charge in [0, 0.05) is 24.1 Å². The summed E-state index contributed by atoms with van der Waals surface area (Å²) in [7, 11) is 5.76. The number of aryl methyl sites for hydroxylation is 3. The third-order valence-electron chi connectivity index (χ3n) is 8.70. The van der Waals surface area contributed by atoms with Crippen LogP contribution in [0.25, 0.3) is 0 Å². The number of carbonyl (C=O) groups excluding carboxylic acids is 1. The van der Waals surface area contributed by atoms with Crippen LogP contribution in [-0.2, 0) is 4.79 Å². The summed E-state index contributed by atoms with van der Waals surface area (Å²) in [6.07, 6.45) is 11.4. The topological polar surface area (TPSA) is 73.2 Å². The highest BCUT2D eigenvalue weighted by molar-refractivity contribution is 5.74. The molecule has 2 saturated carbocycles. The lowest BCUT2D eigenvalue weighted by atomic mass is 9.66. The van der Waals surface area contributed by atoms with Gasteiger partial charge in [0.25, 0.3) is 0 Å². The molecule has 0 aromatic heterocycles. The van der Waals surface area contributed by atoms with E-state index >= 15 is 0 Å². The fourth-order valence-corrected chi connectivity index (χ4v) is 5.89. The van der Waals surface area contributed by atoms with Gasteiger partial charge in [0.2, 0.25) is 0 Å². The first-order valence-electron chi connectivity index (χ1n) is 14.7. The maximum Gasteiger partial charge on any atom is 0.193 e. The normalized spacial score (nSPS) is 24.5. The van der Waals surface area contributed by atoms with Crippen molar-refractivity contribution in [2.45, 2.75) is 77.5 Å². The fraction of sp³-hybridized carbons (Fsp3) is 0.514. The van der Waals surface area contributed by atoms with Gasteiger partial charge in [-0.1, -0.05) is 30.6 Å². The third-order valence-corrected chi connectivity index (χ3v) is 8.70. The number of carbonyl (C=O) groups is 1. The van der Waals surface area contributed by atoms with Crippen molar-refractivity contribution in [2.75, 3.05) is 27.7 Å². The van der Waals surface area contributed by atoms with Crippen LogP contribution in [0.4, 0.5) is 0 Å². The summed E-state index contributed by atoms with van der Waals surface area (Å²) in [5.74, 6) is 7.04. The summed E-state index contributed by atoms with van der Waals surface area (Å²) in [5.41, 5.74) is 3.84. The summed E-state index contributed by atoms with van der Waals surface area (Å²) >= 11 is 0. The van der Waals surface area contributed by atoms with Crippen LogP contribution in [-0.4, -0.2) is 71.7 Å². The lowest BCUT2D eigenvalue weighted by Gasteiger charge is -2.55. The Balaban J connectivity index is 0.000000182. The van der Waals surface area contributed by atoms with Crippen LogP contribution in [0.15, 0.2) is 48.7 Å². The number of ether oxygens (including phenoxy) is 1. The lowest BCUT2D eigenvalue weighted by molar-refractivity contribution is -0.136. The van der Waals surface area contributed by atoms with Crippen molar-refractivity contribution >= 4 is 6.29 Å². The van der Waals surface area contributed by atoms with Gasteiger partial charge in [-0.15, -0.1) is 0 Å². The SMILES string of the molecule is CC1N(CC2CC2)C=CC2CCCC(N(C)C)C21O.COc1cc(C)ccc1O.Cc1ccc(C#CC=O)cc1C. The first kappa shape index (κ1) is 32.2. The van der Waals surface area contributed by atoms with E-state index in [-0.39, 0.29) is 17.8 Å². The van der Waals surface area contributed by atoms with E-state index in [4.69, 9.17) is 9.84 Å². The fourth-order valence-electron chi connectivity index (χ4n) is 5.89. The van der Waals surface area contributed by atoms with Gasteiger partial charge in [0.05, 0.1) is 13.2 Å². The van der Waals surface area contributed by atoms with Crippen molar-refractivity contribution in [1.29, 1.82) is 0 Å². The molecule has 2 aromatic carbocycles. The molecule has 3 aliphatic rings. The van der Waals surface area contributed by atoms with Crippen LogP contribution in [0, 0.1) is 44.4 Å². The van der Waals surface area contributed by atoms with Crippen LogP contribution in [0.1, 0.15) is 61.3 Å². The average Bonchev–Trinajstić information content (AvgIpc) is 3.77. The summed E-state index contributed by atoms with van der Waals surface area (Å²) < 4.78 is 4.88. The molecule has 2 fully saturated rings. The quantitative estimate of drug-likeness (QED) is 0.373. The molecule has 0 spiro atoms. The zero-order valence-electron chi connectivity index (χ0n) is 25.9. The molecule has 4 atom stereocenters. The number of aliphatic hydroxyl groups is 1. The zero-order valence-corrected chi connectivity index (χ0v) is 25.9. The molecule has 6 nitrogen and oxygen atoms in total. The third kappa shape index (κ3) is 8.38. The number of nitrogens with zero attached hydrogens (tertiary/aromatic N) is 2. The van der Waals surface area contributed by atoms with E-state index in [0.29, 0.717) is 18.0 Å². The Kier molecular flexibility index (Phi) is 11.5. The number of phenols is 1. The smallest absolute Gasteiger partial charge is 0.193 e. The molecule has 1 aliphatic heterocycles. The highest BCUT2D eigenvalue weighted by Gasteiger charge is 2.53. The highest BCUT2D eigenvalue weighted by Crippen LogP contribution is 2.44. The second kappa shape index (κ2) is 14.6. The molecule has 0 radical (unpaired) electrons. The van der Waals surface area contributed by atoms with Crippen LogP contribution < -0.4 is 4.74 Å². The largest absolute Gasteiger partial charge is 0.504 e. The number of hydrogen-bond acceptors (Lipinski definition) is 6. The molecule has 0 amide bonds. The molecule has 4 unspecified atom stereocenters. The summed E-state index contributed by atoms with van der Waals surface area (Å²) in [4.78, 5) is 14.6. The maximum atomic E-state index is 11.5. The number of phenolic OH excluding ortho intramolecular Hbond substituents is 1. The minimum Gasteiger partial charge on any atom is -0.504 e. The second-order valence-corrected chi connectivity index (χ2v) is 11.9. The summed E-state index contributed by atoms with van der Waals surface area (Å²) in [6, 6.07) is 11.7. The molecule has 2 aromatic rings. The Morgan fingerprint density at radius 3 is 2.39 bits per heavy atom. The Morgan fingerprint density at radius 2 is 1.80 bits per heavy atom. The van der Waals surface area contributed by atoms with E-state index in [1.54, 1.807) is 12.1 Å². The molecule has 6 heteroatoms. The molecular weight excluding hydrogens is 512 g/mol. The van der Waals surface area contributed by atoms with Gasteiger partial charge in [-0.2, -0.15) is 0 Å². The van der Waals surface area contributed by atoms with Gasteiger partial charge in [0.15, 0.2) is 17.8 Å². The van der Waals surface area contributed by atoms with Crippen LogP contribution in [0.2, 0.25) is 0 Å². The lowest BCUT2D eigenvalue weighted by Crippen LogP contribution is -2.67. The molecule has 1 heterocycles. The van der Waals surface area contributed by atoms with Crippen molar-refractivity contribution in [3.63, 3.8) is 0 Å². The van der Waals surface area contributed by atoms with E-state index in [9.17, 15) is 9.90 Å². The minimum atomic E-state index is -0.578. The van der Waals surface area contributed by atoms with Gasteiger partial charge in [-0.25, -0.2) is 0 Å². The Hall–Kier alpha value is -3.27. The second-order valence-electron chi connectivity index (χ2n) is 11.9. The minimum absolute atomic E-state index is 0.188. The predicted molar refractivity (Wildman–Crippen MR) is 166 cm³/mol. The van der Waals surface area contributed by atoms with Gasteiger partial charge >= 0.3 is 0 Å². The molecule has 222 valence electrons. The zero-order chi connectivity index (χ0) is 30.2. The molecule has 2 aliphatic carbocycles. The maximum absolute atomic E-state index is 11.5. The van der Waals surface area contributed by atoms with Crippen molar-refractivity contribution in [2.24, 2.45) is 11.8 Å². The average molecular weight is 561 g/mol. The Labute approximate surface area is 247 Å². The van der Waals surface area contributed by atoms with Crippen molar-refractivity contribution in [1.82, 2.24) is 9.80 Å². The molecular formula is C35H48N2O4. The van der Waals surface area contributed by atoms with E-state index in [1.807, 2.05) is 45.0 Å². The van der Waals surface area contributed by atoms with E-state index < -0.39 is 5.60 Å². The first-order valence-corrected chi connectivity index (χ1v) is 14.7. The number of methoxy groups -OCH3 is 1. The van der Waals surface area contributed by atoms with E-state index in [0.717, 1.165) is 36.4 Å². The molecule has 0 saturated heterocycles. The number of aromatic hydroxyl groups is 1. The number of fused-ring (bicyclic) bond motifs is 1. The van der Waals surface area contributed by atoms with Gasteiger partial charge in [-0.3, -0.25) is 4.79 Å². The Morgan fingerprint density at radius 1 is 1.07 bits per heavy atom. The number of aldehydes is 1. The molecule has 41 heavy (non-hydrogen) atoms. The summed E-state index contributed by atoms with van der Waals surface area (Å²) in [5, 5.41) is 20.6. The molecule has 0 bridgehead atoms. The monoisotopic (exact) mass is 560 g/mol. The van der Waals surface area contributed by atoms with E-state index in [1.165, 1.54) is 37.5 Å². The Bertz CT molecular complexity index is 1260. The van der Waals surface area contributed by atoms with Crippen molar-refractivity contribution in [3.05, 3.63) is 70.9 Å². The van der Waals surface area contributed by atoms with Gasteiger partial charge in [-0.05, 0) is 126 Å². The van der Waals surface area contributed by atoms with Crippen LogP contribution >= 0.6 is 0 Å². The number of rotatable bonds is 4. The van der Waals surface area contributed by atoms with E-state index in [2.05, 4.69) is 54.9 Å². The van der Waals surface area contributed by atoms with Crippen LogP contribution in [0.5, 0.6) is 11.5 Å². The van der Waals surface area contributed by atoms with Crippen molar-refractivity contribution < 1.29 is 19.7 Å². The standard InChI is InChI=1S/C16H28N2O.C11H10O.C8H10O2/c1-12-16(19)14(5-4-6-15(16)17(2)3)9-10-18(12)11-13-7-8-13;1-9-5-6-11(4-3-7-12)8-10(9)2;1-6-3-4-7(9)8(5-6)10-2/h9-10,12-15,19H,4-8,11H2,1-3H3;5-8H,1-2H3;3-5,9H,1-2H3. The summed E-state index contributed by atoms with van der Waals surface area (Å²) in [6.45, 7) is 9.38. The number of hydrogen-bond donors (Lipinski definition) is 2. The molecule has 2 N–H and O–H groups in total. The molecule has 5 rings (SSSR count). The highest BCUT2D eigenvalue weighted by atomic mass is 16.5. The van der Waals surface area contributed by atoms with Gasteiger partial charge < -0.3 is 24.7 Å².